The van der Waals surface area contributed by atoms with Gasteiger partial charge in [-0.1, -0.05) is 35.6 Å². The summed E-state index contributed by atoms with van der Waals surface area (Å²) in [5.41, 5.74) is 4.01. The zero-order chi connectivity index (χ0) is 17.6. The highest BCUT2D eigenvalue weighted by molar-refractivity contribution is 7.18. The van der Waals surface area contributed by atoms with Crippen molar-refractivity contribution in [3.8, 4) is 0 Å². The Morgan fingerprint density at radius 2 is 1.92 bits per heavy atom. The van der Waals surface area contributed by atoms with Gasteiger partial charge in [0.25, 0.3) is 11.5 Å². The highest BCUT2D eigenvalue weighted by Crippen LogP contribution is 2.21. The van der Waals surface area contributed by atoms with Crippen LogP contribution in [0.5, 0.6) is 0 Å². The van der Waals surface area contributed by atoms with Gasteiger partial charge in [0.1, 0.15) is 4.88 Å². The van der Waals surface area contributed by atoms with Crippen LogP contribution in [0.25, 0.3) is 16.0 Å². The summed E-state index contributed by atoms with van der Waals surface area (Å²) in [7, 11) is 0. The Morgan fingerprint density at radius 3 is 2.76 bits per heavy atom. The largest absolute Gasteiger partial charge is 0.321 e. The maximum absolute atomic E-state index is 12.6. The lowest BCUT2D eigenvalue weighted by Crippen LogP contribution is -2.17. The van der Waals surface area contributed by atoms with E-state index in [9.17, 15) is 9.59 Å². The van der Waals surface area contributed by atoms with Crippen LogP contribution in [0.4, 0.5) is 5.69 Å². The van der Waals surface area contributed by atoms with E-state index in [0.717, 1.165) is 27.8 Å². The SMILES string of the molecule is Cc1ccc(C)c(NC(=O)c2cc(=O)n3c(nc4ccccc43)s2)c1. The standard InChI is InChI=1S/C19H15N3O2S/c1-11-7-8-12(2)14(9-11)20-18(24)16-10-17(23)22-15-6-4-3-5-13(15)21-19(22)25-16/h3-10H,1-2H3,(H,20,24). The van der Waals surface area contributed by atoms with Gasteiger partial charge in [0.15, 0.2) is 4.96 Å². The van der Waals surface area contributed by atoms with Crippen molar-refractivity contribution < 1.29 is 4.79 Å². The van der Waals surface area contributed by atoms with Gasteiger partial charge in [-0.25, -0.2) is 4.98 Å². The molecule has 6 heteroatoms. The third kappa shape index (κ3) is 2.70. The van der Waals surface area contributed by atoms with Gasteiger partial charge in [0.05, 0.1) is 11.0 Å². The quantitative estimate of drug-likeness (QED) is 0.599. The lowest BCUT2D eigenvalue weighted by atomic mass is 10.1. The average molecular weight is 349 g/mol. The molecule has 0 aliphatic rings. The molecule has 1 N–H and O–H groups in total. The molecule has 2 aromatic heterocycles. The van der Waals surface area contributed by atoms with Gasteiger partial charge in [0, 0.05) is 11.8 Å². The molecule has 4 aromatic rings. The second kappa shape index (κ2) is 5.82. The maximum atomic E-state index is 12.6. The molecular weight excluding hydrogens is 334 g/mol. The molecule has 0 saturated heterocycles. The summed E-state index contributed by atoms with van der Waals surface area (Å²) in [6.07, 6.45) is 0. The maximum Gasteiger partial charge on any atom is 0.266 e. The fraction of sp³-hybridized carbons (Fsp3) is 0.105. The van der Waals surface area contributed by atoms with E-state index in [1.165, 1.54) is 21.8 Å². The Bertz CT molecular complexity index is 1190. The lowest BCUT2D eigenvalue weighted by molar-refractivity contribution is 0.103. The number of para-hydroxylation sites is 2. The molecule has 0 bridgehead atoms. The number of nitrogens with zero attached hydrogens (tertiary/aromatic N) is 2. The molecule has 0 aliphatic carbocycles. The number of carbonyl (C=O) groups excluding carboxylic acids is 1. The van der Waals surface area contributed by atoms with E-state index in [1.807, 2.05) is 56.3 Å². The van der Waals surface area contributed by atoms with Gasteiger partial charge in [-0.05, 0) is 43.2 Å². The lowest BCUT2D eigenvalue weighted by Gasteiger charge is -2.09. The number of fused-ring (bicyclic) bond motifs is 3. The van der Waals surface area contributed by atoms with Crippen molar-refractivity contribution in [2.24, 2.45) is 0 Å². The highest BCUT2D eigenvalue weighted by Gasteiger charge is 2.14. The highest BCUT2D eigenvalue weighted by atomic mass is 32.1. The number of hydrogen-bond donors (Lipinski definition) is 1. The number of rotatable bonds is 2. The molecule has 0 radical (unpaired) electrons. The first-order valence-corrected chi connectivity index (χ1v) is 8.64. The fourth-order valence-corrected chi connectivity index (χ4v) is 3.68. The Morgan fingerprint density at radius 1 is 1.12 bits per heavy atom. The molecule has 0 unspecified atom stereocenters. The summed E-state index contributed by atoms with van der Waals surface area (Å²) >= 11 is 1.20. The van der Waals surface area contributed by atoms with E-state index in [-0.39, 0.29) is 11.5 Å². The van der Waals surface area contributed by atoms with Gasteiger partial charge in [-0.15, -0.1) is 0 Å². The first-order valence-electron chi connectivity index (χ1n) is 7.83. The molecule has 0 fully saturated rings. The molecule has 0 saturated carbocycles. The number of carbonyl (C=O) groups is 1. The molecule has 0 spiro atoms. The van der Waals surface area contributed by atoms with Crippen LogP contribution in [0, 0.1) is 13.8 Å². The van der Waals surface area contributed by atoms with E-state index >= 15 is 0 Å². The Hall–Kier alpha value is -2.99. The van der Waals surface area contributed by atoms with Gasteiger partial charge in [-0.2, -0.15) is 0 Å². The van der Waals surface area contributed by atoms with Crippen molar-refractivity contribution in [2.75, 3.05) is 5.32 Å². The number of amides is 1. The van der Waals surface area contributed by atoms with Crippen LogP contribution in [-0.2, 0) is 0 Å². The fourth-order valence-electron chi connectivity index (χ4n) is 2.76. The van der Waals surface area contributed by atoms with E-state index in [2.05, 4.69) is 10.3 Å². The third-order valence-electron chi connectivity index (χ3n) is 4.07. The molecular formula is C19H15N3O2S. The van der Waals surface area contributed by atoms with Crippen molar-refractivity contribution in [3.05, 3.63) is 74.9 Å². The normalized spacial score (nSPS) is 11.1. The number of anilines is 1. The summed E-state index contributed by atoms with van der Waals surface area (Å²) in [5.74, 6) is -0.301. The van der Waals surface area contributed by atoms with Crippen LogP contribution >= 0.6 is 11.3 Å². The summed E-state index contributed by atoms with van der Waals surface area (Å²) in [4.78, 5) is 30.4. The number of hydrogen-bond acceptors (Lipinski definition) is 4. The van der Waals surface area contributed by atoms with Crippen molar-refractivity contribution in [2.45, 2.75) is 13.8 Å². The second-order valence-corrected chi connectivity index (χ2v) is 6.95. The van der Waals surface area contributed by atoms with Gasteiger partial charge < -0.3 is 5.32 Å². The number of aryl methyl sites for hydroxylation is 2. The van der Waals surface area contributed by atoms with E-state index in [0.29, 0.717) is 9.84 Å². The predicted octanol–water partition coefficient (Wildman–Crippen LogP) is 3.78. The summed E-state index contributed by atoms with van der Waals surface area (Å²) in [6.45, 7) is 3.90. The molecule has 1 amide bonds. The molecule has 0 aliphatic heterocycles. The number of nitrogens with one attached hydrogen (secondary N) is 1. The summed E-state index contributed by atoms with van der Waals surface area (Å²) in [5, 5.41) is 2.89. The Balaban J connectivity index is 1.79. The summed E-state index contributed by atoms with van der Waals surface area (Å²) in [6, 6.07) is 14.7. The zero-order valence-electron chi connectivity index (χ0n) is 13.7. The van der Waals surface area contributed by atoms with E-state index < -0.39 is 0 Å². The van der Waals surface area contributed by atoms with Gasteiger partial charge in [-0.3, -0.25) is 14.0 Å². The molecule has 2 aromatic carbocycles. The van der Waals surface area contributed by atoms with Crippen LogP contribution in [0.15, 0.2) is 53.3 Å². The minimum Gasteiger partial charge on any atom is -0.321 e. The Kier molecular flexibility index (Phi) is 3.62. The molecule has 124 valence electrons. The Labute approximate surface area is 147 Å². The summed E-state index contributed by atoms with van der Waals surface area (Å²) < 4.78 is 1.54. The average Bonchev–Trinajstić information content (AvgIpc) is 2.97. The second-order valence-electron chi connectivity index (χ2n) is 5.94. The van der Waals surface area contributed by atoms with Crippen molar-refractivity contribution in [3.63, 3.8) is 0 Å². The first-order chi connectivity index (χ1) is 12.0. The third-order valence-corrected chi connectivity index (χ3v) is 5.05. The number of benzene rings is 2. The minimum atomic E-state index is -0.301. The van der Waals surface area contributed by atoms with Crippen LogP contribution < -0.4 is 10.9 Å². The van der Waals surface area contributed by atoms with Crippen molar-refractivity contribution >= 4 is 38.9 Å². The van der Waals surface area contributed by atoms with Gasteiger partial charge in [0.2, 0.25) is 0 Å². The molecule has 0 atom stereocenters. The smallest absolute Gasteiger partial charge is 0.266 e. The minimum absolute atomic E-state index is 0.256. The number of imidazole rings is 1. The van der Waals surface area contributed by atoms with Crippen LogP contribution in [0.1, 0.15) is 20.8 Å². The predicted molar refractivity (Wildman–Crippen MR) is 101 cm³/mol. The van der Waals surface area contributed by atoms with Gasteiger partial charge >= 0.3 is 0 Å². The molecule has 25 heavy (non-hydrogen) atoms. The van der Waals surface area contributed by atoms with Crippen LogP contribution in [0.2, 0.25) is 0 Å². The molecule has 5 nitrogen and oxygen atoms in total. The topological polar surface area (TPSA) is 63.5 Å². The zero-order valence-corrected chi connectivity index (χ0v) is 14.6. The van der Waals surface area contributed by atoms with Crippen LogP contribution in [-0.4, -0.2) is 15.3 Å². The van der Waals surface area contributed by atoms with E-state index in [4.69, 9.17) is 0 Å². The molecule has 4 rings (SSSR count). The van der Waals surface area contributed by atoms with Crippen molar-refractivity contribution in [1.82, 2.24) is 9.38 Å². The van der Waals surface area contributed by atoms with Crippen molar-refractivity contribution in [1.29, 1.82) is 0 Å². The first kappa shape index (κ1) is 15.5. The van der Waals surface area contributed by atoms with Crippen LogP contribution in [0.3, 0.4) is 0 Å². The van der Waals surface area contributed by atoms with E-state index in [1.54, 1.807) is 0 Å². The molecule has 2 heterocycles. The monoisotopic (exact) mass is 349 g/mol. The number of aromatic nitrogens is 2.